The summed E-state index contributed by atoms with van der Waals surface area (Å²) < 4.78 is 10.9. The molecule has 2 heterocycles. The minimum Gasteiger partial charge on any atom is -0.376 e. The summed E-state index contributed by atoms with van der Waals surface area (Å²) in [6.45, 7) is 3.40. The highest BCUT2D eigenvalue weighted by atomic mass is 32.1. The standard InChI is InChI=1S/C16H24N2O3S/c1-11(16-18-13-6-2-3-7-14(13)22-16)17-15(19)10-20-9-12-5-4-8-21-12/h11-12H,2-10H2,1H3,(H,17,19)/t11-,12-/m0/s1. The number of carbonyl (C=O) groups excluding carboxylic acids is 1. The van der Waals surface area contributed by atoms with Crippen molar-refractivity contribution in [2.24, 2.45) is 0 Å². The highest BCUT2D eigenvalue weighted by Gasteiger charge is 2.20. The zero-order valence-electron chi connectivity index (χ0n) is 13.1. The van der Waals surface area contributed by atoms with Crippen LogP contribution < -0.4 is 5.32 Å². The summed E-state index contributed by atoms with van der Waals surface area (Å²) in [5.41, 5.74) is 1.24. The van der Waals surface area contributed by atoms with Gasteiger partial charge in [-0.3, -0.25) is 4.79 Å². The van der Waals surface area contributed by atoms with Gasteiger partial charge in [0, 0.05) is 11.5 Å². The molecule has 2 atom stereocenters. The molecule has 0 unspecified atom stereocenters. The van der Waals surface area contributed by atoms with Gasteiger partial charge in [-0.25, -0.2) is 4.98 Å². The molecule has 6 heteroatoms. The van der Waals surface area contributed by atoms with Gasteiger partial charge in [-0.2, -0.15) is 0 Å². The quantitative estimate of drug-likeness (QED) is 0.873. The smallest absolute Gasteiger partial charge is 0.246 e. The van der Waals surface area contributed by atoms with E-state index in [0.717, 1.165) is 37.3 Å². The van der Waals surface area contributed by atoms with E-state index in [0.29, 0.717) is 6.61 Å². The average molecular weight is 324 g/mol. The molecule has 0 saturated carbocycles. The Morgan fingerprint density at radius 1 is 1.45 bits per heavy atom. The molecule has 0 aromatic carbocycles. The van der Waals surface area contributed by atoms with Crippen molar-refractivity contribution in [1.29, 1.82) is 0 Å². The van der Waals surface area contributed by atoms with Crippen molar-refractivity contribution in [3.8, 4) is 0 Å². The van der Waals surface area contributed by atoms with E-state index in [2.05, 4.69) is 5.32 Å². The van der Waals surface area contributed by atoms with E-state index in [1.54, 1.807) is 11.3 Å². The Labute approximate surface area is 135 Å². The molecule has 0 spiro atoms. The summed E-state index contributed by atoms with van der Waals surface area (Å²) in [7, 11) is 0. The molecule has 1 aliphatic carbocycles. The third-order valence-electron chi connectivity index (χ3n) is 4.17. The van der Waals surface area contributed by atoms with E-state index in [-0.39, 0.29) is 24.7 Å². The highest BCUT2D eigenvalue weighted by Crippen LogP contribution is 2.29. The summed E-state index contributed by atoms with van der Waals surface area (Å²) in [6.07, 6.45) is 6.99. The third-order valence-corrected chi connectivity index (χ3v) is 5.51. The number of hydrogen-bond donors (Lipinski definition) is 1. The van der Waals surface area contributed by atoms with Gasteiger partial charge in [-0.05, 0) is 45.4 Å². The van der Waals surface area contributed by atoms with Gasteiger partial charge >= 0.3 is 0 Å². The summed E-state index contributed by atoms with van der Waals surface area (Å²) in [6, 6.07) is -0.0468. The molecule has 22 heavy (non-hydrogen) atoms. The van der Waals surface area contributed by atoms with E-state index in [9.17, 15) is 4.79 Å². The van der Waals surface area contributed by atoms with Crippen molar-refractivity contribution in [2.45, 2.75) is 57.6 Å². The van der Waals surface area contributed by atoms with Crippen LogP contribution in [0.15, 0.2) is 0 Å². The molecule has 2 aliphatic rings. The van der Waals surface area contributed by atoms with Gasteiger partial charge in [-0.1, -0.05) is 0 Å². The predicted molar refractivity (Wildman–Crippen MR) is 85.1 cm³/mol. The van der Waals surface area contributed by atoms with Crippen molar-refractivity contribution in [2.75, 3.05) is 19.8 Å². The molecular formula is C16H24N2O3S. The summed E-state index contributed by atoms with van der Waals surface area (Å²) in [5.74, 6) is -0.0846. The van der Waals surface area contributed by atoms with Crippen LogP contribution in [0.5, 0.6) is 0 Å². The van der Waals surface area contributed by atoms with Crippen molar-refractivity contribution < 1.29 is 14.3 Å². The Hall–Kier alpha value is -0.980. The monoisotopic (exact) mass is 324 g/mol. The van der Waals surface area contributed by atoms with E-state index in [1.807, 2.05) is 6.92 Å². The Morgan fingerprint density at radius 2 is 2.32 bits per heavy atom. The van der Waals surface area contributed by atoms with Crippen LogP contribution in [0.1, 0.15) is 54.2 Å². The fourth-order valence-corrected chi connectivity index (χ4v) is 4.12. The van der Waals surface area contributed by atoms with E-state index < -0.39 is 0 Å². The van der Waals surface area contributed by atoms with Crippen LogP contribution in [0.25, 0.3) is 0 Å². The number of rotatable bonds is 6. The number of amides is 1. The molecule has 0 bridgehead atoms. The number of aryl methyl sites for hydroxylation is 2. The van der Waals surface area contributed by atoms with Gasteiger partial charge in [0.15, 0.2) is 0 Å². The number of aromatic nitrogens is 1. The average Bonchev–Trinajstić information content (AvgIpc) is 3.16. The van der Waals surface area contributed by atoms with E-state index in [4.69, 9.17) is 14.5 Å². The Balaban J connectivity index is 1.43. The van der Waals surface area contributed by atoms with Gasteiger partial charge in [0.2, 0.25) is 5.91 Å². The van der Waals surface area contributed by atoms with Crippen molar-refractivity contribution in [3.63, 3.8) is 0 Å². The second-order valence-electron chi connectivity index (χ2n) is 6.07. The Bertz CT molecular complexity index is 488. The minimum absolute atomic E-state index is 0.0468. The van der Waals surface area contributed by atoms with Gasteiger partial charge in [0.1, 0.15) is 11.6 Å². The lowest BCUT2D eigenvalue weighted by molar-refractivity contribution is -0.127. The first-order valence-electron chi connectivity index (χ1n) is 8.19. The fourth-order valence-electron chi connectivity index (χ4n) is 2.96. The summed E-state index contributed by atoms with van der Waals surface area (Å²) in [5, 5.41) is 3.99. The minimum atomic E-state index is -0.0846. The lowest BCUT2D eigenvalue weighted by Gasteiger charge is -2.13. The van der Waals surface area contributed by atoms with Crippen molar-refractivity contribution in [1.82, 2.24) is 10.3 Å². The van der Waals surface area contributed by atoms with E-state index in [1.165, 1.54) is 23.4 Å². The van der Waals surface area contributed by atoms with Crippen molar-refractivity contribution in [3.05, 3.63) is 15.6 Å². The first-order chi connectivity index (χ1) is 10.7. The predicted octanol–water partition coefficient (Wildman–Crippen LogP) is 2.39. The molecular weight excluding hydrogens is 300 g/mol. The Kier molecular flexibility index (Phi) is 5.44. The first kappa shape index (κ1) is 15.9. The molecule has 1 saturated heterocycles. The lowest BCUT2D eigenvalue weighted by atomic mass is 10.0. The maximum Gasteiger partial charge on any atom is 0.246 e. The molecule has 3 rings (SSSR count). The summed E-state index contributed by atoms with van der Waals surface area (Å²) >= 11 is 1.74. The molecule has 0 radical (unpaired) electrons. The number of carbonyl (C=O) groups is 1. The topological polar surface area (TPSA) is 60.5 Å². The number of nitrogens with zero attached hydrogens (tertiary/aromatic N) is 1. The number of fused-ring (bicyclic) bond motifs is 1. The zero-order valence-corrected chi connectivity index (χ0v) is 13.9. The molecule has 1 fully saturated rings. The SMILES string of the molecule is C[C@H](NC(=O)COC[C@@H]1CCCO1)c1nc2c(s1)CCCC2. The molecule has 1 amide bonds. The Morgan fingerprint density at radius 3 is 3.09 bits per heavy atom. The number of hydrogen-bond acceptors (Lipinski definition) is 5. The molecule has 5 nitrogen and oxygen atoms in total. The van der Waals surface area contributed by atoms with Crippen LogP contribution in [0.2, 0.25) is 0 Å². The maximum atomic E-state index is 11.9. The summed E-state index contributed by atoms with van der Waals surface area (Å²) in [4.78, 5) is 18.0. The van der Waals surface area contributed by atoms with Gasteiger partial charge < -0.3 is 14.8 Å². The van der Waals surface area contributed by atoms with Crippen LogP contribution in [0, 0.1) is 0 Å². The highest BCUT2D eigenvalue weighted by molar-refractivity contribution is 7.11. The third kappa shape index (κ3) is 4.06. The van der Waals surface area contributed by atoms with E-state index >= 15 is 0 Å². The molecule has 1 aromatic rings. The zero-order chi connectivity index (χ0) is 15.4. The van der Waals surface area contributed by atoms with Gasteiger partial charge in [0.05, 0.1) is 24.4 Å². The van der Waals surface area contributed by atoms with Crippen LogP contribution >= 0.6 is 11.3 Å². The second kappa shape index (κ2) is 7.53. The molecule has 1 N–H and O–H groups in total. The molecule has 1 aromatic heterocycles. The number of thiazole rings is 1. The van der Waals surface area contributed by atoms with Gasteiger partial charge in [-0.15, -0.1) is 11.3 Å². The molecule has 122 valence electrons. The normalized spacial score (nSPS) is 22.3. The second-order valence-corrected chi connectivity index (χ2v) is 7.18. The van der Waals surface area contributed by atoms with Crippen molar-refractivity contribution >= 4 is 17.2 Å². The van der Waals surface area contributed by atoms with Crippen LogP contribution in [-0.4, -0.2) is 36.8 Å². The molecule has 1 aliphatic heterocycles. The van der Waals surface area contributed by atoms with Crippen LogP contribution in [-0.2, 0) is 27.1 Å². The lowest BCUT2D eigenvalue weighted by Crippen LogP contribution is -2.31. The first-order valence-corrected chi connectivity index (χ1v) is 9.01. The van der Waals surface area contributed by atoms with Gasteiger partial charge in [0.25, 0.3) is 0 Å². The largest absolute Gasteiger partial charge is 0.376 e. The fraction of sp³-hybridized carbons (Fsp3) is 0.750. The number of nitrogens with one attached hydrogen (secondary N) is 1. The van der Waals surface area contributed by atoms with Crippen LogP contribution in [0.4, 0.5) is 0 Å². The maximum absolute atomic E-state index is 11.9. The van der Waals surface area contributed by atoms with Crippen LogP contribution in [0.3, 0.4) is 0 Å². The number of ether oxygens (including phenoxy) is 2.